The Morgan fingerprint density at radius 2 is 1.65 bits per heavy atom. The topological polar surface area (TPSA) is 63.6 Å². The summed E-state index contributed by atoms with van der Waals surface area (Å²) < 4.78 is 5.33. The van der Waals surface area contributed by atoms with Crippen molar-refractivity contribution < 1.29 is 19.4 Å². The van der Waals surface area contributed by atoms with Gasteiger partial charge in [-0.3, -0.25) is 9.59 Å². The van der Waals surface area contributed by atoms with Crippen molar-refractivity contribution in [1.29, 1.82) is 0 Å². The van der Waals surface area contributed by atoms with Crippen LogP contribution >= 0.6 is 0 Å². The van der Waals surface area contributed by atoms with Gasteiger partial charge in [0.2, 0.25) is 0 Å². The molecule has 0 saturated carbocycles. The van der Waals surface area contributed by atoms with E-state index in [9.17, 15) is 9.59 Å². The van der Waals surface area contributed by atoms with Crippen LogP contribution in [-0.2, 0) is 11.2 Å². The summed E-state index contributed by atoms with van der Waals surface area (Å²) in [5.41, 5.74) is 3.75. The average Bonchev–Trinajstić information content (AvgIpc) is 2.59. The summed E-state index contributed by atoms with van der Waals surface area (Å²) in [7, 11) is 1.66. The van der Waals surface area contributed by atoms with Crippen molar-refractivity contribution in [2.24, 2.45) is 0 Å². The summed E-state index contributed by atoms with van der Waals surface area (Å²) in [6.07, 6.45) is 0.763. The Kier molecular flexibility index (Phi) is 5.52. The molecule has 2 rings (SSSR count). The fraction of sp³-hybridized carbons (Fsp3) is 0.263. The number of hydrogen-bond acceptors (Lipinski definition) is 3. The highest BCUT2D eigenvalue weighted by Gasteiger charge is 2.09. The fourth-order valence-electron chi connectivity index (χ4n) is 2.45. The minimum absolute atomic E-state index is 0.0250. The molecule has 0 aliphatic carbocycles. The monoisotopic (exact) mass is 312 g/mol. The zero-order valence-electron chi connectivity index (χ0n) is 13.3. The van der Waals surface area contributed by atoms with Crippen molar-refractivity contribution in [3.8, 4) is 16.9 Å². The van der Waals surface area contributed by atoms with Gasteiger partial charge in [0.1, 0.15) is 5.75 Å². The smallest absolute Gasteiger partial charge is 0.303 e. The molecule has 2 aromatic rings. The van der Waals surface area contributed by atoms with Crippen LogP contribution in [0.2, 0.25) is 0 Å². The number of hydrogen-bond donors (Lipinski definition) is 1. The van der Waals surface area contributed by atoms with Gasteiger partial charge in [-0.05, 0) is 35.2 Å². The predicted molar refractivity (Wildman–Crippen MR) is 89.0 cm³/mol. The molecule has 120 valence electrons. The Morgan fingerprint density at radius 3 is 2.22 bits per heavy atom. The van der Waals surface area contributed by atoms with Gasteiger partial charge in [0.25, 0.3) is 0 Å². The highest BCUT2D eigenvalue weighted by Crippen LogP contribution is 2.27. The minimum Gasteiger partial charge on any atom is -0.496 e. The molecular formula is C19H20O4. The van der Waals surface area contributed by atoms with Gasteiger partial charge in [0.15, 0.2) is 5.78 Å². The molecule has 0 spiro atoms. The van der Waals surface area contributed by atoms with Crippen LogP contribution in [0.5, 0.6) is 5.75 Å². The number of carboxylic acids is 1. The van der Waals surface area contributed by atoms with E-state index in [4.69, 9.17) is 9.84 Å². The van der Waals surface area contributed by atoms with Gasteiger partial charge in [0, 0.05) is 12.0 Å². The molecule has 0 atom stereocenters. The number of Topliss-reactive ketones (excluding diaryl/α,β-unsaturated/α-hetero) is 1. The molecule has 0 unspecified atom stereocenters. The van der Waals surface area contributed by atoms with Crippen molar-refractivity contribution >= 4 is 11.8 Å². The first kappa shape index (κ1) is 16.7. The van der Waals surface area contributed by atoms with Gasteiger partial charge in [0.05, 0.1) is 13.5 Å². The number of rotatable bonds is 7. The second-order valence-corrected chi connectivity index (χ2v) is 5.27. The lowest BCUT2D eigenvalue weighted by Crippen LogP contribution is -2.03. The average molecular weight is 312 g/mol. The maximum atomic E-state index is 11.9. The van der Waals surface area contributed by atoms with Crippen LogP contribution in [0, 0.1) is 0 Å². The van der Waals surface area contributed by atoms with Crippen molar-refractivity contribution in [1.82, 2.24) is 0 Å². The van der Waals surface area contributed by atoms with Crippen molar-refractivity contribution in [3.63, 3.8) is 0 Å². The van der Waals surface area contributed by atoms with Crippen LogP contribution in [0.3, 0.4) is 0 Å². The third-order valence-electron chi connectivity index (χ3n) is 3.77. The molecule has 23 heavy (non-hydrogen) atoms. The van der Waals surface area contributed by atoms with E-state index < -0.39 is 5.97 Å². The van der Waals surface area contributed by atoms with Gasteiger partial charge in [-0.25, -0.2) is 0 Å². The van der Waals surface area contributed by atoms with E-state index in [-0.39, 0.29) is 18.6 Å². The minimum atomic E-state index is -0.958. The molecule has 1 N–H and O–H groups in total. The molecular weight excluding hydrogens is 292 g/mol. The first-order valence-corrected chi connectivity index (χ1v) is 7.57. The number of benzene rings is 2. The van der Waals surface area contributed by atoms with Crippen LogP contribution in [0.4, 0.5) is 0 Å². The summed E-state index contributed by atoms with van der Waals surface area (Å²) in [6.45, 7) is 2.08. The first-order chi connectivity index (χ1) is 11.0. The molecule has 0 aromatic heterocycles. The van der Waals surface area contributed by atoms with E-state index in [1.807, 2.05) is 24.3 Å². The van der Waals surface area contributed by atoms with E-state index in [0.717, 1.165) is 28.9 Å². The van der Waals surface area contributed by atoms with Crippen LogP contribution in [0.15, 0.2) is 42.5 Å². The molecule has 2 aromatic carbocycles. The third kappa shape index (κ3) is 4.19. The quantitative estimate of drug-likeness (QED) is 0.786. The highest BCUT2D eigenvalue weighted by atomic mass is 16.5. The van der Waals surface area contributed by atoms with Crippen molar-refractivity contribution in [2.75, 3.05) is 7.11 Å². The predicted octanol–water partition coefficient (Wildman–Crippen LogP) is 3.97. The SMILES string of the molecule is CCc1cc(-c2ccc(C(=O)CCC(=O)O)cc2)ccc1OC. The van der Waals surface area contributed by atoms with Crippen LogP contribution in [0.25, 0.3) is 11.1 Å². The van der Waals surface area contributed by atoms with E-state index >= 15 is 0 Å². The highest BCUT2D eigenvalue weighted by molar-refractivity contribution is 5.97. The largest absolute Gasteiger partial charge is 0.496 e. The lowest BCUT2D eigenvalue weighted by atomic mass is 9.98. The van der Waals surface area contributed by atoms with Gasteiger partial charge < -0.3 is 9.84 Å². The van der Waals surface area contributed by atoms with Crippen LogP contribution < -0.4 is 4.74 Å². The standard InChI is InChI=1S/C19H20O4/c1-3-13-12-16(8-10-18(13)23-2)14-4-6-15(7-5-14)17(20)9-11-19(21)22/h4-8,10,12H,3,9,11H2,1-2H3,(H,21,22). The molecule has 0 heterocycles. The zero-order chi connectivity index (χ0) is 16.8. The summed E-state index contributed by atoms with van der Waals surface area (Å²) in [4.78, 5) is 22.4. The van der Waals surface area contributed by atoms with Crippen molar-refractivity contribution in [2.45, 2.75) is 26.2 Å². The van der Waals surface area contributed by atoms with Crippen molar-refractivity contribution in [3.05, 3.63) is 53.6 Å². The Labute approximate surface area is 135 Å². The molecule has 0 bridgehead atoms. The number of carbonyl (C=O) groups is 2. The third-order valence-corrected chi connectivity index (χ3v) is 3.77. The number of aryl methyl sites for hydroxylation is 1. The normalized spacial score (nSPS) is 10.3. The van der Waals surface area contributed by atoms with Crippen LogP contribution in [0.1, 0.15) is 35.7 Å². The molecule has 4 nitrogen and oxygen atoms in total. The van der Waals surface area contributed by atoms with E-state index in [2.05, 4.69) is 13.0 Å². The number of ether oxygens (including phenoxy) is 1. The van der Waals surface area contributed by atoms with E-state index in [1.54, 1.807) is 19.2 Å². The number of methoxy groups -OCH3 is 1. The first-order valence-electron chi connectivity index (χ1n) is 7.57. The van der Waals surface area contributed by atoms with E-state index in [1.165, 1.54) is 0 Å². The van der Waals surface area contributed by atoms with E-state index in [0.29, 0.717) is 5.56 Å². The summed E-state index contributed by atoms with van der Waals surface area (Å²) in [5.74, 6) is -0.236. The molecule has 0 fully saturated rings. The zero-order valence-corrected chi connectivity index (χ0v) is 13.3. The number of aliphatic carboxylic acids is 1. The maximum absolute atomic E-state index is 11.9. The fourth-order valence-corrected chi connectivity index (χ4v) is 2.45. The maximum Gasteiger partial charge on any atom is 0.303 e. The summed E-state index contributed by atoms with van der Waals surface area (Å²) >= 11 is 0. The molecule has 0 aliphatic heterocycles. The lowest BCUT2D eigenvalue weighted by Gasteiger charge is -2.10. The Bertz CT molecular complexity index is 702. The molecule has 0 aliphatic rings. The summed E-state index contributed by atoms with van der Waals surface area (Å²) in [6, 6.07) is 13.3. The van der Waals surface area contributed by atoms with Crippen LogP contribution in [-0.4, -0.2) is 24.0 Å². The Morgan fingerprint density at radius 1 is 1.00 bits per heavy atom. The second-order valence-electron chi connectivity index (χ2n) is 5.27. The Balaban J connectivity index is 2.19. The second kappa shape index (κ2) is 7.58. The van der Waals surface area contributed by atoms with Gasteiger partial charge in [-0.1, -0.05) is 37.3 Å². The molecule has 0 amide bonds. The Hall–Kier alpha value is -2.62. The van der Waals surface area contributed by atoms with Gasteiger partial charge in [-0.15, -0.1) is 0 Å². The van der Waals surface area contributed by atoms with Gasteiger partial charge >= 0.3 is 5.97 Å². The lowest BCUT2D eigenvalue weighted by molar-refractivity contribution is -0.136. The molecule has 0 saturated heterocycles. The number of carbonyl (C=O) groups excluding carboxylic acids is 1. The number of carboxylic acid groups (broad SMARTS) is 1. The number of ketones is 1. The van der Waals surface area contributed by atoms with Gasteiger partial charge in [-0.2, -0.15) is 0 Å². The molecule has 4 heteroatoms. The molecule has 0 radical (unpaired) electrons. The summed E-state index contributed by atoms with van der Waals surface area (Å²) in [5, 5.41) is 8.63.